The fourth-order valence-electron chi connectivity index (χ4n) is 2.50. The molecule has 0 aliphatic rings. The molecule has 0 unspecified atom stereocenters. The molecule has 0 heterocycles. The zero-order valence-corrected chi connectivity index (χ0v) is 14.8. The highest BCUT2D eigenvalue weighted by Gasteiger charge is 2.24. The Bertz CT molecular complexity index is 636. The summed E-state index contributed by atoms with van der Waals surface area (Å²) in [5.41, 5.74) is 1.90. The van der Waals surface area contributed by atoms with Crippen molar-refractivity contribution in [2.75, 3.05) is 19.8 Å². The summed E-state index contributed by atoms with van der Waals surface area (Å²) in [7, 11) is 1.87. The number of benzene rings is 2. The fourth-order valence-corrected chi connectivity index (χ4v) is 3.45. The van der Waals surface area contributed by atoms with Gasteiger partial charge >= 0.3 is 0 Å². The molecule has 2 aromatic rings. The minimum absolute atomic E-state index is 0.104. The maximum Gasteiger partial charge on any atom is 0.0881 e. The van der Waals surface area contributed by atoms with Gasteiger partial charge in [0, 0.05) is 17.4 Å². The van der Waals surface area contributed by atoms with Crippen molar-refractivity contribution in [2.45, 2.75) is 16.9 Å². The van der Waals surface area contributed by atoms with Gasteiger partial charge in [0.25, 0.3) is 0 Å². The molecule has 22 heavy (non-hydrogen) atoms. The van der Waals surface area contributed by atoms with Gasteiger partial charge in [0.05, 0.1) is 16.1 Å². The number of nitrogens with one attached hydrogen (secondary N) is 1. The Morgan fingerprint density at radius 3 is 2.50 bits per heavy atom. The SMILES string of the molecule is CNC[C@H](c1ccc(Cl)c(Cl)c1)[C@@H](O)c1ccccc1SC. The Hall–Kier alpha value is -0.710. The lowest BCUT2D eigenvalue weighted by Gasteiger charge is -2.25. The summed E-state index contributed by atoms with van der Waals surface area (Å²) in [5.74, 6) is -0.104. The monoisotopic (exact) mass is 355 g/mol. The van der Waals surface area contributed by atoms with Gasteiger partial charge in [0.1, 0.15) is 0 Å². The topological polar surface area (TPSA) is 32.3 Å². The van der Waals surface area contributed by atoms with Crippen LogP contribution in [-0.2, 0) is 0 Å². The number of aliphatic hydroxyl groups is 1. The maximum atomic E-state index is 10.9. The molecule has 0 fully saturated rings. The molecule has 0 amide bonds. The third-order valence-electron chi connectivity index (χ3n) is 3.63. The molecule has 5 heteroatoms. The Morgan fingerprint density at radius 1 is 1.14 bits per heavy atom. The smallest absolute Gasteiger partial charge is 0.0881 e. The summed E-state index contributed by atoms with van der Waals surface area (Å²) < 4.78 is 0. The van der Waals surface area contributed by atoms with Crippen molar-refractivity contribution >= 4 is 35.0 Å². The number of halogens is 2. The van der Waals surface area contributed by atoms with Crippen LogP contribution >= 0.6 is 35.0 Å². The summed E-state index contributed by atoms with van der Waals surface area (Å²) >= 11 is 13.8. The van der Waals surface area contributed by atoms with Crippen molar-refractivity contribution in [2.24, 2.45) is 0 Å². The molecule has 0 saturated carbocycles. The van der Waals surface area contributed by atoms with E-state index >= 15 is 0 Å². The van der Waals surface area contributed by atoms with Crippen LogP contribution in [0.3, 0.4) is 0 Å². The molecule has 0 bridgehead atoms. The van der Waals surface area contributed by atoms with E-state index in [4.69, 9.17) is 23.2 Å². The zero-order valence-electron chi connectivity index (χ0n) is 12.5. The minimum Gasteiger partial charge on any atom is -0.388 e. The molecular formula is C17H19Cl2NOS. The van der Waals surface area contributed by atoms with Crippen LogP contribution in [-0.4, -0.2) is 25.0 Å². The first kappa shape index (κ1) is 17.6. The number of aliphatic hydroxyl groups excluding tert-OH is 1. The van der Waals surface area contributed by atoms with Crippen LogP contribution in [0.5, 0.6) is 0 Å². The average Bonchev–Trinajstić information content (AvgIpc) is 2.54. The first-order valence-corrected chi connectivity index (χ1v) is 8.97. The Kier molecular flexibility index (Phi) is 6.60. The molecule has 2 N–H and O–H groups in total. The second-order valence-corrected chi connectivity index (χ2v) is 6.69. The third-order valence-corrected chi connectivity index (χ3v) is 5.19. The quantitative estimate of drug-likeness (QED) is 0.733. The van der Waals surface area contributed by atoms with Gasteiger partial charge < -0.3 is 10.4 Å². The molecule has 2 aromatic carbocycles. The van der Waals surface area contributed by atoms with Gasteiger partial charge in [-0.2, -0.15) is 0 Å². The predicted molar refractivity (Wildman–Crippen MR) is 96.3 cm³/mol. The Morgan fingerprint density at radius 2 is 1.86 bits per heavy atom. The van der Waals surface area contributed by atoms with Gasteiger partial charge in [-0.05, 0) is 42.6 Å². The van der Waals surface area contributed by atoms with Crippen molar-refractivity contribution in [1.29, 1.82) is 0 Å². The molecule has 2 nitrogen and oxygen atoms in total. The van der Waals surface area contributed by atoms with Crippen molar-refractivity contribution < 1.29 is 5.11 Å². The van der Waals surface area contributed by atoms with Crippen LogP contribution < -0.4 is 5.32 Å². The summed E-state index contributed by atoms with van der Waals surface area (Å²) in [4.78, 5) is 1.08. The molecule has 2 atom stereocenters. The van der Waals surface area contributed by atoms with Gasteiger partial charge in [0.2, 0.25) is 0 Å². The molecule has 2 rings (SSSR count). The van der Waals surface area contributed by atoms with Crippen molar-refractivity contribution in [1.82, 2.24) is 5.32 Å². The highest BCUT2D eigenvalue weighted by molar-refractivity contribution is 7.98. The summed E-state index contributed by atoms with van der Waals surface area (Å²) in [5, 5.41) is 15.1. The van der Waals surface area contributed by atoms with Crippen LogP contribution in [0, 0.1) is 0 Å². The lowest BCUT2D eigenvalue weighted by atomic mass is 9.89. The van der Waals surface area contributed by atoms with Crippen LogP contribution in [0.25, 0.3) is 0 Å². The second-order valence-electron chi connectivity index (χ2n) is 5.02. The highest BCUT2D eigenvalue weighted by Crippen LogP contribution is 2.37. The van der Waals surface area contributed by atoms with E-state index in [0.717, 1.165) is 16.0 Å². The lowest BCUT2D eigenvalue weighted by molar-refractivity contribution is 0.141. The molecule has 0 saturated heterocycles. The van der Waals surface area contributed by atoms with E-state index in [1.54, 1.807) is 17.8 Å². The van der Waals surface area contributed by atoms with Crippen LogP contribution in [0.1, 0.15) is 23.1 Å². The molecule has 118 valence electrons. The average molecular weight is 356 g/mol. The van der Waals surface area contributed by atoms with Gasteiger partial charge in [-0.1, -0.05) is 47.5 Å². The minimum atomic E-state index is -0.617. The molecule has 0 aliphatic heterocycles. The predicted octanol–water partition coefficient (Wildman–Crippen LogP) is 4.75. The van der Waals surface area contributed by atoms with E-state index in [-0.39, 0.29) is 5.92 Å². The first-order chi connectivity index (χ1) is 10.6. The molecular weight excluding hydrogens is 337 g/mol. The Balaban J connectivity index is 2.40. The zero-order chi connectivity index (χ0) is 16.1. The third kappa shape index (κ3) is 3.98. The molecule has 0 aliphatic carbocycles. The molecule has 0 aromatic heterocycles. The number of rotatable bonds is 6. The van der Waals surface area contributed by atoms with Crippen molar-refractivity contribution in [3.63, 3.8) is 0 Å². The van der Waals surface area contributed by atoms with Gasteiger partial charge in [-0.3, -0.25) is 0 Å². The maximum absolute atomic E-state index is 10.9. The van der Waals surface area contributed by atoms with Gasteiger partial charge in [-0.25, -0.2) is 0 Å². The summed E-state index contributed by atoms with van der Waals surface area (Å²) in [6.45, 7) is 0.641. The number of hydrogen-bond donors (Lipinski definition) is 2. The van der Waals surface area contributed by atoms with E-state index in [2.05, 4.69) is 5.32 Å². The van der Waals surface area contributed by atoms with Crippen molar-refractivity contribution in [3.8, 4) is 0 Å². The van der Waals surface area contributed by atoms with Gasteiger partial charge in [-0.15, -0.1) is 11.8 Å². The van der Waals surface area contributed by atoms with Crippen LogP contribution in [0.4, 0.5) is 0 Å². The number of hydrogen-bond acceptors (Lipinski definition) is 3. The summed E-state index contributed by atoms with van der Waals surface area (Å²) in [6, 6.07) is 13.4. The lowest BCUT2D eigenvalue weighted by Crippen LogP contribution is -2.23. The van der Waals surface area contributed by atoms with Crippen molar-refractivity contribution in [3.05, 3.63) is 63.6 Å². The van der Waals surface area contributed by atoms with E-state index in [1.165, 1.54) is 0 Å². The van der Waals surface area contributed by atoms with E-state index < -0.39 is 6.10 Å². The Labute approximate surface area is 145 Å². The second kappa shape index (κ2) is 8.23. The fraction of sp³-hybridized carbons (Fsp3) is 0.294. The standard InChI is InChI=1S/C17H19Cl2NOS/c1-20-10-13(11-7-8-14(18)15(19)9-11)17(21)12-5-3-4-6-16(12)22-2/h3-9,13,17,20-21H,10H2,1-2H3/t13-,17+/m1/s1. The summed E-state index contributed by atoms with van der Waals surface area (Å²) in [6.07, 6.45) is 1.39. The normalized spacial score (nSPS) is 13.9. The molecule has 0 radical (unpaired) electrons. The first-order valence-electron chi connectivity index (χ1n) is 6.99. The number of likely N-dealkylation sites (N-methyl/N-ethyl adjacent to an activating group) is 1. The van der Waals surface area contributed by atoms with E-state index in [1.807, 2.05) is 49.7 Å². The molecule has 0 spiro atoms. The van der Waals surface area contributed by atoms with Crippen LogP contribution in [0.15, 0.2) is 47.4 Å². The largest absolute Gasteiger partial charge is 0.388 e. The van der Waals surface area contributed by atoms with E-state index in [9.17, 15) is 5.11 Å². The van der Waals surface area contributed by atoms with E-state index in [0.29, 0.717) is 16.6 Å². The van der Waals surface area contributed by atoms with Gasteiger partial charge in [0.15, 0.2) is 0 Å². The highest BCUT2D eigenvalue weighted by atomic mass is 35.5. The number of thioether (sulfide) groups is 1. The van der Waals surface area contributed by atoms with Crippen LogP contribution in [0.2, 0.25) is 10.0 Å².